The second kappa shape index (κ2) is 16.4. The van der Waals surface area contributed by atoms with Crippen molar-refractivity contribution in [2.24, 2.45) is 5.92 Å². The number of hydrogen-bond donors (Lipinski definition) is 2. The van der Waals surface area contributed by atoms with Gasteiger partial charge in [-0.1, -0.05) is 87.4 Å². The SMILES string of the molecule is CCCN(C(=O)C(NC(=O)OC(C)(C)C)C(C)CC)C(C(=O)NC(Cc1ccccc1)C(=O)OC(C)(C)C)c1cccc(C)c1. The van der Waals surface area contributed by atoms with Crippen molar-refractivity contribution in [3.63, 3.8) is 0 Å². The van der Waals surface area contributed by atoms with Gasteiger partial charge in [-0.15, -0.1) is 0 Å². The van der Waals surface area contributed by atoms with Gasteiger partial charge in [-0.3, -0.25) is 9.59 Å². The fourth-order valence-corrected chi connectivity index (χ4v) is 4.88. The third-order valence-corrected chi connectivity index (χ3v) is 7.11. The number of rotatable bonds is 13. The molecule has 9 nitrogen and oxygen atoms in total. The number of amides is 3. The molecule has 0 heterocycles. The van der Waals surface area contributed by atoms with Gasteiger partial charge in [0.05, 0.1) is 0 Å². The number of nitrogens with one attached hydrogen (secondary N) is 2. The smallest absolute Gasteiger partial charge is 0.408 e. The molecule has 45 heavy (non-hydrogen) atoms. The standard InChI is InChI=1S/C36H53N3O6/c1-11-21-39(32(41)29(25(4)12-2)38-34(43)45-36(8,9)10)30(27-20-16-17-24(3)22-27)31(40)37-28(33(42)44-35(5,6)7)23-26-18-14-13-15-19-26/h13-20,22,25,28-30H,11-12,21,23H2,1-10H3,(H,37,40)(H,38,43). The molecule has 0 spiro atoms. The number of carbonyl (C=O) groups excluding carboxylic acids is 4. The molecule has 2 aromatic carbocycles. The number of nitrogens with zero attached hydrogens (tertiary/aromatic N) is 1. The van der Waals surface area contributed by atoms with Crippen LogP contribution in [0, 0.1) is 12.8 Å². The zero-order valence-corrected chi connectivity index (χ0v) is 28.7. The van der Waals surface area contributed by atoms with Crippen molar-refractivity contribution < 1.29 is 28.7 Å². The second-order valence-electron chi connectivity index (χ2n) is 13.6. The lowest BCUT2D eigenvalue weighted by Gasteiger charge is -2.36. The first-order valence-corrected chi connectivity index (χ1v) is 15.9. The Morgan fingerprint density at radius 1 is 0.844 bits per heavy atom. The van der Waals surface area contributed by atoms with Gasteiger partial charge in [0.25, 0.3) is 0 Å². The summed E-state index contributed by atoms with van der Waals surface area (Å²) in [6, 6.07) is 13.8. The van der Waals surface area contributed by atoms with Crippen LogP contribution >= 0.6 is 0 Å². The largest absolute Gasteiger partial charge is 0.458 e. The minimum absolute atomic E-state index is 0.208. The zero-order valence-electron chi connectivity index (χ0n) is 28.7. The summed E-state index contributed by atoms with van der Waals surface area (Å²) in [5, 5.41) is 5.71. The van der Waals surface area contributed by atoms with Gasteiger partial charge in [0.1, 0.15) is 29.3 Å². The molecular weight excluding hydrogens is 570 g/mol. The van der Waals surface area contributed by atoms with Crippen LogP contribution < -0.4 is 10.6 Å². The summed E-state index contributed by atoms with van der Waals surface area (Å²) in [7, 11) is 0. The normalized spacial score (nSPS) is 14.4. The lowest BCUT2D eigenvalue weighted by Crippen LogP contribution is -2.56. The molecule has 248 valence electrons. The quantitative estimate of drug-likeness (QED) is 0.254. The van der Waals surface area contributed by atoms with Crippen molar-refractivity contribution in [1.82, 2.24) is 15.5 Å². The third-order valence-electron chi connectivity index (χ3n) is 7.11. The molecule has 0 fully saturated rings. The van der Waals surface area contributed by atoms with Gasteiger partial charge in [-0.05, 0) is 71.9 Å². The van der Waals surface area contributed by atoms with Crippen molar-refractivity contribution in [3.8, 4) is 0 Å². The van der Waals surface area contributed by atoms with E-state index in [2.05, 4.69) is 10.6 Å². The number of hydrogen-bond acceptors (Lipinski definition) is 6. The number of aryl methyl sites for hydroxylation is 1. The van der Waals surface area contributed by atoms with Crippen molar-refractivity contribution in [2.75, 3.05) is 6.54 Å². The van der Waals surface area contributed by atoms with Crippen LogP contribution in [-0.4, -0.2) is 58.6 Å². The number of ether oxygens (including phenoxy) is 2. The van der Waals surface area contributed by atoms with E-state index >= 15 is 0 Å². The summed E-state index contributed by atoms with van der Waals surface area (Å²) in [5.41, 5.74) is 0.828. The van der Waals surface area contributed by atoms with Gasteiger partial charge < -0.3 is 25.0 Å². The first-order chi connectivity index (χ1) is 21.0. The molecule has 0 aliphatic carbocycles. The van der Waals surface area contributed by atoms with Gasteiger partial charge in [-0.25, -0.2) is 9.59 Å². The van der Waals surface area contributed by atoms with Gasteiger partial charge >= 0.3 is 12.1 Å². The molecular formula is C36H53N3O6. The highest BCUT2D eigenvalue weighted by Crippen LogP contribution is 2.26. The van der Waals surface area contributed by atoms with E-state index in [1.165, 1.54) is 4.90 Å². The Kier molecular flexibility index (Phi) is 13.6. The Labute approximate surface area is 269 Å². The van der Waals surface area contributed by atoms with Crippen LogP contribution in [0.4, 0.5) is 4.79 Å². The van der Waals surface area contributed by atoms with Crippen LogP contribution in [0.15, 0.2) is 54.6 Å². The summed E-state index contributed by atoms with van der Waals surface area (Å²) in [4.78, 5) is 56.6. The van der Waals surface area contributed by atoms with Crippen LogP contribution in [0.5, 0.6) is 0 Å². The predicted molar refractivity (Wildman–Crippen MR) is 176 cm³/mol. The fourth-order valence-electron chi connectivity index (χ4n) is 4.88. The average molecular weight is 624 g/mol. The van der Waals surface area contributed by atoms with Gasteiger partial charge in [0.15, 0.2) is 0 Å². The Bertz CT molecular complexity index is 1280. The molecule has 2 N–H and O–H groups in total. The Balaban J connectivity index is 2.59. The van der Waals surface area contributed by atoms with Crippen molar-refractivity contribution in [3.05, 3.63) is 71.3 Å². The molecule has 0 aromatic heterocycles. The predicted octanol–water partition coefficient (Wildman–Crippen LogP) is 6.28. The molecule has 0 aliphatic heterocycles. The number of alkyl carbamates (subject to hydrolysis) is 1. The molecule has 2 aromatic rings. The highest BCUT2D eigenvalue weighted by molar-refractivity contribution is 5.94. The topological polar surface area (TPSA) is 114 Å². The third kappa shape index (κ3) is 12.2. The summed E-state index contributed by atoms with van der Waals surface area (Å²) in [6.07, 6.45) is 0.660. The Hall–Kier alpha value is -3.88. The molecule has 4 atom stereocenters. The summed E-state index contributed by atoms with van der Waals surface area (Å²) in [6.45, 7) is 18.5. The van der Waals surface area contributed by atoms with E-state index in [1.807, 2.05) is 76.2 Å². The Morgan fingerprint density at radius 3 is 2.00 bits per heavy atom. The van der Waals surface area contributed by atoms with Crippen LogP contribution in [0.3, 0.4) is 0 Å². The molecule has 3 amide bonds. The average Bonchev–Trinajstić information content (AvgIpc) is 2.93. The number of esters is 1. The molecule has 2 rings (SSSR count). The van der Waals surface area contributed by atoms with Crippen molar-refractivity contribution >= 4 is 23.9 Å². The minimum atomic E-state index is -1.08. The van der Waals surface area contributed by atoms with Crippen LogP contribution in [0.1, 0.15) is 97.9 Å². The van der Waals surface area contributed by atoms with E-state index < -0.39 is 53.2 Å². The molecule has 9 heteroatoms. The van der Waals surface area contributed by atoms with E-state index in [1.54, 1.807) is 47.6 Å². The summed E-state index contributed by atoms with van der Waals surface area (Å²) < 4.78 is 11.2. The van der Waals surface area contributed by atoms with Gasteiger partial charge in [0, 0.05) is 13.0 Å². The maximum absolute atomic E-state index is 14.4. The van der Waals surface area contributed by atoms with E-state index in [0.29, 0.717) is 18.4 Å². The Morgan fingerprint density at radius 2 is 1.47 bits per heavy atom. The van der Waals surface area contributed by atoms with Gasteiger partial charge in [0.2, 0.25) is 11.8 Å². The lowest BCUT2D eigenvalue weighted by molar-refractivity contribution is -0.159. The molecule has 0 aliphatic rings. The van der Waals surface area contributed by atoms with E-state index in [0.717, 1.165) is 11.1 Å². The maximum atomic E-state index is 14.4. The van der Waals surface area contributed by atoms with Crippen molar-refractivity contribution in [2.45, 2.75) is 118 Å². The lowest BCUT2D eigenvalue weighted by atomic mass is 9.95. The maximum Gasteiger partial charge on any atom is 0.408 e. The second-order valence-corrected chi connectivity index (χ2v) is 13.6. The summed E-state index contributed by atoms with van der Waals surface area (Å²) >= 11 is 0. The molecule has 0 saturated heterocycles. The highest BCUT2D eigenvalue weighted by Gasteiger charge is 2.39. The monoisotopic (exact) mass is 623 g/mol. The number of benzene rings is 2. The zero-order chi connectivity index (χ0) is 33.9. The first kappa shape index (κ1) is 37.3. The molecule has 4 unspecified atom stereocenters. The van der Waals surface area contributed by atoms with Crippen LogP contribution in [0.25, 0.3) is 0 Å². The molecule has 0 saturated carbocycles. The summed E-state index contributed by atoms with van der Waals surface area (Å²) in [5.74, 6) is -1.75. The highest BCUT2D eigenvalue weighted by atomic mass is 16.6. The van der Waals surface area contributed by atoms with Gasteiger partial charge in [-0.2, -0.15) is 0 Å². The minimum Gasteiger partial charge on any atom is -0.458 e. The number of carbonyl (C=O) groups is 4. The van der Waals surface area contributed by atoms with E-state index in [4.69, 9.17) is 9.47 Å². The molecule has 0 bridgehead atoms. The van der Waals surface area contributed by atoms with Crippen molar-refractivity contribution in [1.29, 1.82) is 0 Å². The van der Waals surface area contributed by atoms with Crippen LogP contribution in [0.2, 0.25) is 0 Å². The molecule has 0 radical (unpaired) electrons. The first-order valence-electron chi connectivity index (χ1n) is 15.9. The van der Waals surface area contributed by atoms with E-state index in [-0.39, 0.29) is 18.9 Å². The fraction of sp³-hybridized carbons (Fsp3) is 0.556. The van der Waals surface area contributed by atoms with Crippen LogP contribution in [-0.2, 0) is 30.3 Å². The van der Waals surface area contributed by atoms with E-state index in [9.17, 15) is 19.2 Å².